The van der Waals surface area contributed by atoms with Gasteiger partial charge in [0.2, 0.25) is 0 Å². The molecule has 0 aliphatic carbocycles. The lowest BCUT2D eigenvalue weighted by molar-refractivity contribution is 0.249. The second kappa shape index (κ2) is 6.57. The number of rotatable bonds is 4. The van der Waals surface area contributed by atoms with Crippen LogP contribution in [-0.4, -0.2) is 30.1 Å². The fourth-order valence-corrected chi connectivity index (χ4v) is 2.28. The van der Waals surface area contributed by atoms with Gasteiger partial charge in [0, 0.05) is 38.2 Å². The topological polar surface area (TPSA) is 83.3 Å². The first-order chi connectivity index (χ1) is 11.5. The Labute approximate surface area is 139 Å². The molecular weight excluding hydrogens is 306 g/mol. The summed E-state index contributed by atoms with van der Waals surface area (Å²) in [4.78, 5) is 22.3. The third-order valence-corrected chi connectivity index (χ3v) is 3.57. The predicted molar refractivity (Wildman–Crippen MR) is 93.1 cm³/mol. The minimum absolute atomic E-state index is 0.123. The number of oxazole rings is 1. The van der Waals surface area contributed by atoms with Crippen molar-refractivity contribution in [2.24, 2.45) is 0 Å². The van der Waals surface area contributed by atoms with Crippen LogP contribution in [0.1, 0.15) is 18.5 Å². The molecule has 0 radical (unpaired) electrons. The summed E-state index contributed by atoms with van der Waals surface area (Å²) in [6.07, 6.45) is 3.40. The highest BCUT2D eigenvalue weighted by Crippen LogP contribution is 2.23. The van der Waals surface area contributed by atoms with Crippen molar-refractivity contribution in [1.29, 1.82) is 0 Å². The summed E-state index contributed by atoms with van der Waals surface area (Å²) >= 11 is 0. The first-order valence-corrected chi connectivity index (χ1v) is 7.58. The van der Waals surface area contributed by atoms with Gasteiger partial charge in [-0.2, -0.15) is 4.98 Å². The van der Waals surface area contributed by atoms with E-state index in [0.29, 0.717) is 17.3 Å². The average Bonchev–Trinajstić information content (AvgIpc) is 2.99. The molecule has 124 valence electrons. The molecule has 7 heteroatoms. The summed E-state index contributed by atoms with van der Waals surface area (Å²) in [5, 5.41) is 5.69. The minimum Gasteiger partial charge on any atom is -0.423 e. The van der Waals surface area contributed by atoms with Crippen molar-refractivity contribution in [3.05, 3.63) is 48.3 Å². The average molecular weight is 325 g/mol. The van der Waals surface area contributed by atoms with Crippen molar-refractivity contribution in [2.75, 3.05) is 24.3 Å². The molecule has 3 aromatic rings. The van der Waals surface area contributed by atoms with E-state index in [1.54, 1.807) is 29.4 Å². The van der Waals surface area contributed by atoms with E-state index >= 15 is 0 Å². The number of anilines is 2. The van der Waals surface area contributed by atoms with Crippen molar-refractivity contribution in [2.45, 2.75) is 13.0 Å². The number of hydrogen-bond donors (Lipinski definition) is 2. The van der Waals surface area contributed by atoms with Crippen LogP contribution >= 0.6 is 0 Å². The van der Waals surface area contributed by atoms with Crippen LogP contribution in [0.25, 0.3) is 11.1 Å². The number of urea groups is 1. The van der Waals surface area contributed by atoms with E-state index in [1.165, 1.54) is 0 Å². The number of amides is 2. The fraction of sp³-hybridized carbons (Fsp3) is 0.235. The number of benzene rings is 1. The van der Waals surface area contributed by atoms with Gasteiger partial charge in [0.15, 0.2) is 5.58 Å². The number of hydrogen-bond acceptors (Lipinski definition) is 5. The van der Waals surface area contributed by atoms with E-state index in [9.17, 15) is 4.79 Å². The maximum atomic E-state index is 12.2. The van der Waals surface area contributed by atoms with Crippen LogP contribution in [0.5, 0.6) is 0 Å². The Hall–Kier alpha value is -3.09. The molecule has 0 fully saturated rings. The summed E-state index contributed by atoms with van der Waals surface area (Å²) in [6, 6.07) is 9.22. The smallest absolute Gasteiger partial charge is 0.319 e. The zero-order valence-corrected chi connectivity index (χ0v) is 13.8. The number of carbonyl (C=O) groups is 1. The third-order valence-electron chi connectivity index (χ3n) is 3.57. The monoisotopic (exact) mass is 325 g/mol. The Kier molecular flexibility index (Phi) is 4.33. The second-order valence-electron chi connectivity index (χ2n) is 5.67. The zero-order chi connectivity index (χ0) is 17.1. The summed E-state index contributed by atoms with van der Waals surface area (Å²) in [5.74, 6) is 0. The second-order valence-corrected chi connectivity index (χ2v) is 5.67. The molecule has 1 atom stereocenters. The van der Waals surface area contributed by atoms with E-state index in [1.807, 2.05) is 39.2 Å². The van der Waals surface area contributed by atoms with Crippen molar-refractivity contribution in [3.8, 4) is 0 Å². The normalized spacial score (nSPS) is 12.0. The van der Waals surface area contributed by atoms with Gasteiger partial charge < -0.3 is 20.0 Å². The van der Waals surface area contributed by atoms with Gasteiger partial charge in [0.25, 0.3) is 6.01 Å². The summed E-state index contributed by atoms with van der Waals surface area (Å²) in [5.41, 5.74) is 3.00. The fourth-order valence-electron chi connectivity index (χ4n) is 2.28. The van der Waals surface area contributed by atoms with E-state index in [0.717, 1.165) is 11.1 Å². The van der Waals surface area contributed by atoms with E-state index in [2.05, 4.69) is 20.6 Å². The summed E-state index contributed by atoms with van der Waals surface area (Å²) in [6.45, 7) is 1.91. The van der Waals surface area contributed by atoms with Gasteiger partial charge in [-0.15, -0.1) is 0 Å². The molecular formula is C17H19N5O2. The van der Waals surface area contributed by atoms with Gasteiger partial charge in [0.05, 0.1) is 6.04 Å². The van der Waals surface area contributed by atoms with Crippen molar-refractivity contribution >= 4 is 28.8 Å². The van der Waals surface area contributed by atoms with Gasteiger partial charge in [-0.1, -0.05) is 0 Å². The minimum atomic E-state index is -0.286. The molecule has 0 saturated heterocycles. The molecule has 0 bridgehead atoms. The Morgan fingerprint density at radius 1 is 1.21 bits per heavy atom. The number of pyridine rings is 1. The molecule has 0 unspecified atom stereocenters. The number of nitrogens with one attached hydrogen (secondary N) is 2. The number of nitrogens with zero attached hydrogens (tertiary/aromatic N) is 3. The van der Waals surface area contributed by atoms with Crippen LogP contribution in [0.4, 0.5) is 16.5 Å². The maximum Gasteiger partial charge on any atom is 0.319 e. The molecule has 0 spiro atoms. The lowest BCUT2D eigenvalue weighted by Gasteiger charge is -2.14. The highest BCUT2D eigenvalue weighted by Gasteiger charge is 2.11. The van der Waals surface area contributed by atoms with Gasteiger partial charge in [0.1, 0.15) is 5.52 Å². The highest BCUT2D eigenvalue weighted by molar-refractivity contribution is 5.91. The standard InChI is InChI=1S/C17H19N5O2/c1-11(12-6-8-18-9-7-12)19-16(23)20-13-4-5-14-15(10-13)24-17(21-14)22(2)3/h4-11H,1-3H3,(H2,19,20,23)/t11-/m1/s1. The number of carbonyl (C=O) groups excluding carboxylic acids is 1. The molecule has 3 rings (SSSR count). The van der Waals surface area contributed by atoms with Gasteiger partial charge in [-0.3, -0.25) is 4.98 Å². The Morgan fingerprint density at radius 3 is 2.67 bits per heavy atom. The lowest BCUT2D eigenvalue weighted by atomic mass is 10.1. The van der Waals surface area contributed by atoms with Crippen LogP contribution in [0, 0.1) is 0 Å². The van der Waals surface area contributed by atoms with Gasteiger partial charge >= 0.3 is 6.03 Å². The SMILES string of the molecule is C[C@@H](NC(=O)Nc1ccc2nc(N(C)C)oc2c1)c1ccncc1. The molecule has 2 aromatic heterocycles. The summed E-state index contributed by atoms with van der Waals surface area (Å²) < 4.78 is 5.64. The first-order valence-electron chi connectivity index (χ1n) is 7.58. The largest absolute Gasteiger partial charge is 0.423 e. The predicted octanol–water partition coefficient (Wildman–Crippen LogP) is 3.17. The van der Waals surface area contributed by atoms with E-state index < -0.39 is 0 Å². The number of fused-ring (bicyclic) bond motifs is 1. The Balaban J connectivity index is 1.69. The van der Waals surface area contributed by atoms with Crippen LogP contribution in [0.15, 0.2) is 47.1 Å². The Bertz CT molecular complexity index is 845. The molecule has 7 nitrogen and oxygen atoms in total. The van der Waals surface area contributed by atoms with Crippen LogP contribution < -0.4 is 15.5 Å². The van der Waals surface area contributed by atoms with Crippen molar-refractivity contribution in [1.82, 2.24) is 15.3 Å². The molecule has 2 N–H and O–H groups in total. The summed E-state index contributed by atoms with van der Waals surface area (Å²) in [7, 11) is 3.72. The molecule has 2 amide bonds. The van der Waals surface area contributed by atoms with Crippen LogP contribution in [-0.2, 0) is 0 Å². The first kappa shape index (κ1) is 15.8. The van der Waals surface area contributed by atoms with Gasteiger partial charge in [-0.05, 0) is 36.8 Å². The molecule has 24 heavy (non-hydrogen) atoms. The van der Waals surface area contributed by atoms with Crippen LogP contribution in [0.3, 0.4) is 0 Å². The van der Waals surface area contributed by atoms with Crippen molar-refractivity contribution in [3.63, 3.8) is 0 Å². The van der Waals surface area contributed by atoms with Gasteiger partial charge in [-0.25, -0.2) is 4.79 Å². The number of aromatic nitrogens is 2. The van der Waals surface area contributed by atoms with Crippen LogP contribution in [0.2, 0.25) is 0 Å². The van der Waals surface area contributed by atoms with Crippen molar-refractivity contribution < 1.29 is 9.21 Å². The molecule has 1 aromatic carbocycles. The molecule has 0 aliphatic rings. The lowest BCUT2D eigenvalue weighted by Crippen LogP contribution is -2.31. The Morgan fingerprint density at radius 2 is 1.96 bits per heavy atom. The van der Waals surface area contributed by atoms with E-state index in [4.69, 9.17) is 4.42 Å². The highest BCUT2D eigenvalue weighted by atomic mass is 16.4. The third kappa shape index (κ3) is 3.45. The maximum absolute atomic E-state index is 12.2. The molecule has 0 aliphatic heterocycles. The quantitative estimate of drug-likeness (QED) is 0.770. The van der Waals surface area contributed by atoms with E-state index in [-0.39, 0.29) is 12.1 Å². The zero-order valence-electron chi connectivity index (χ0n) is 13.8. The molecule has 0 saturated carbocycles. The molecule has 2 heterocycles.